The van der Waals surface area contributed by atoms with Gasteiger partial charge in [-0.05, 0) is 12.8 Å². The molecule has 1 heterocycles. The van der Waals surface area contributed by atoms with Crippen LogP contribution < -0.4 is 22.1 Å². The van der Waals surface area contributed by atoms with E-state index in [1.54, 1.807) is 12.5 Å². The standard InChI is InChI=1S/C10H18N4O.C7H16N2OS/c1-2-3-4-13-10(15)9(11)5-8-6-12-7-14-8;1-2-3-4-9-7(10)6(8)5-11/h6-7,9H,2-5,11H2,1H3,(H,12,14)(H,13,15);6,11H,2-5,8H2,1H3,(H,9,10)/t9-;6-/m00/s1/i10+1;7+1. The minimum absolute atomic E-state index is 0.0990. The Bertz CT molecular complexity index is 484. The molecule has 0 aliphatic heterocycles. The number of nitrogens with two attached hydrogens (primary N) is 2. The number of aromatic nitrogens is 2. The van der Waals surface area contributed by atoms with Crippen molar-refractivity contribution in [1.29, 1.82) is 0 Å². The predicted octanol–water partition coefficient (Wildman–Crippen LogP) is 0.356. The van der Waals surface area contributed by atoms with E-state index in [9.17, 15) is 9.59 Å². The zero-order valence-corrected chi connectivity index (χ0v) is 16.7. The first-order valence-corrected chi connectivity index (χ1v) is 9.74. The fourth-order valence-corrected chi connectivity index (χ4v) is 2.01. The highest BCUT2D eigenvalue weighted by molar-refractivity contribution is 7.80. The van der Waals surface area contributed by atoms with Crippen LogP contribution >= 0.6 is 12.6 Å². The number of nitrogens with zero attached hydrogens (tertiary/aromatic N) is 1. The van der Waals surface area contributed by atoms with Crippen molar-refractivity contribution in [2.24, 2.45) is 11.5 Å². The minimum atomic E-state index is -0.498. The number of hydrogen-bond donors (Lipinski definition) is 6. The molecule has 26 heavy (non-hydrogen) atoms. The van der Waals surface area contributed by atoms with Crippen LogP contribution in [0.25, 0.3) is 0 Å². The van der Waals surface area contributed by atoms with Crippen LogP contribution in [0, 0.1) is 0 Å². The van der Waals surface area contributed by atoms with Crippen LogP contribution in [-0.4, -0.2) is 52.7 Å². The van der Waals surface area contributed by atoms with E-state index < -0.39 is 12.1 Å². The van der Waals surface area contributed by atoms with Crippen molar-refractivity contribution in [1.82, 2.24) is 20.6 Å². The van der Waals surface area contributed by atoms with Gasteiger partial charge in [-0.25, -0.2) is 4.98 Å². The van der Waals surface area contributed by atoms with Crippen LogP contribution in [0.5, 0.6) is 0 Å². The Kier molecular flexibility index (Phi) is 14.7. The van der Waals surface area contributed by atoms with Crippen molar-refractivity contribution in [3.05, 3.63) is 18.2 Å². The molecule has 1 aromatic rings. The molecule has 0 aromatic carbocycles. The highest BCUT2D eigenvalue weighted by atomic mass is 32.1. The molecule has 2 atom stereocenters. The Morgan fingerprint density at radius 3 is 2.08 bits per heavy atom. The van der Waals surface area contributed by atoms with Crippen molar-refractivity contribution in [3.8, 4) is 0 Å². The Morgan fingerprint density at radius 2 is 1.65 bits per heavy atom. The third-order valence-corrected chi connectivity index (χ3v) is 3.92. The fourth-order valence-electron chi connectivity index (χ4n) is 1.85. The monoisotopic (exact) mass is 388 g/mol. The number of amides is 2. The quantitative estimate of drug-likeness (QED) is 0.184. The van der Waals surface area contributed by atoms with Gasteiger partial charge in [-0.2, -0.15) is 12.6 Å². The lowest BCUT2D eigenvalue weighted by molar-refractivity contribution is -0.122. The number of H-pyrrole nitrogens is 1. The van der Waals surface area contributed by atoms with E-state index in [-0.39, 0.29) is 11.8 Å². The maximum absolute atomic E-state index is 11.5. The Morgan fingerprint density at radius 1 is 1.12 bits per heavy atom. The summed E-state index contributed by atoms with van der Waals surface area (Å²) in [5.41, 5.74) is 12.0. The lowest BCUT2D eigenvalue weighted by atomic mass is 10.2. The Labute approximate surface area is 161 Å². The average Bonchev–Trinajstić information content (AvgIpc) is 3.14. The molecule has 2 amide bonds. The minimum Gasteiger partial charge on any atom is -0.355 e. The highest BCUT2D eigenvalue weighted by Crippen LogP contribution is 1.96. The first-order chi connectivity index (χ1) is 12.5. The van der Waals surface area contributed by atoms with Crippen molar-refractivity contribution in [2.75, 3.05) is 18.8 Å². The number of thiol groups is 1. The van der Waals surface area contributed by atoms with E-state index in [0.717, 1.165) is 37.9 Å². The van der Waals surface area contributed by atoms with Gasteiger partial charge >= 0.3 is 0 Å². The summed E-state index contributed by atoms with van der Waals surface area (Å²) in [6, 6.07) is -0.961. The van der Waals surface area contributed by atoms with Crippen LogP contribution in [0.2, 0.25) is 0 Å². The van der Waals surface area contributed by atoms with Crippen LogP contribution in [0.15, 0.2) is 12.5 Å². The van der Waals surface area contributed by atoms with E-state index in [2.05, 4.69) is 47.1 Å². The number of imidazole rings is 1. The second-order valence-electron chi connectivity index (χ2n) is 5.97. The van der Waals surface area contributed by atoms with Gasteiger partial charge in [-0.3, -0.25) is 9.59 Å². The van der Waals surface area contributed by atoms with Crippen molar-refractivity contribution < 1.29 is 9.59 Å². The summed E-state index contributed by atoms with van der Waals surface area (Å²) in [7, 11) is 0. The summed E-state index contributed by atoms with van der Waals surface area (Å²) < 4.78 is 0. The van der Waals surface area contributed by atoms with Gasteiger partial charge in [0.15, 0.2) is 0 Å². The second kappa shape index (κ2) is 15.7. The molecule has 0 aliphatic rings. The molecule has 0 spiro atoms. The zero-order valence-electron chi connectivity index (χ0n) is 15.8. The molecule has 8 nitrogen and oxygen atoms in total. The lowest BCUT2D eigenvalue weighted by Crippen LogP contribution is -2.42. The van der Waals surface area contributed by atoms with Crippen molar-refractivity contribution in [3.63, 3.8) is 0 Å². The molecule has 0 fully saturated rings. The van der Waals surface area contributed by atoms with Crippen LogP contribution in [-0.2, 0) is 16.0 Å². The maximum atomic E-state index is 11.5. The summed E-state index contributed by atoms with van der Waals surface area (Å²) in [5, 5.41) is 5.52. The molecule has 0 bridgehead atoms. The smallest absolute Gasteiger partial charge is 0.237 e. The summed E-state index contributed by atoms with van der Waals surface area (Å²) in [6.45, 7) is 5.57. The lowest BCUT2D eigenvalue weighted by Gasteiger charge is -2.10. The molecule has 7 N–H and O–H groups in total. The highest BCUT2D eigenvalue weighted by Gasteiger charge is 2.13. The summed E-state index contributed by atoms with van der Waals surface area (Å²) >= 11 is 3.91. The van der Waals surface area contributed by atoms with Crippen LogP contribution in [0.3, 0.4) is 0 Å². The second-order valence-corrected chi connectivity index (χ2v) is 6.33. The number of hydrogen-bond acceptors (Lipinski definition) is 6. The molecule has 0 aliphatic carbocycles. The van der Waals surface area contributed by atoms with E-state index in [4.69, 9.17) is 11.5 Å². The van der Waals surface area contributed by atoms with Gasteiger partial charge < -0.3 is 27.1 Å². The third kappa shape index (κ3) is 11.9. The van der Waals surface area contributed by atoms with Gasteiger partial charge in [0.05, 0.1) is 18.4 Å². The summed E-state index contributed by atoms with van der Waals surface area (Å²) in [4.78, 5) is 29.2. The number of aromatic amines is 1. The van der Waals surface area contributed by atoms with Gasteiger partial charge in [0.25, 0.3) is 0 Å². The van der Waals surface area contributed by atoms with Crippen molar-refractivity contribution >= 4 is 24.4 Å². The topological polar surface area (TPSA) is 139 Å². The maximum Gasteiger partial charge on any atom is 0.237 e. The Balaban J connectivity index is 0.000000508. The molecule has 9 heteroatoms. The van der Waals surface area contributed by atoms with Gasteiger partial charge in [0, 0.05) is 37.2 Å². The SMILES string of the molecule is CCCCN[13C](=O)[C@@H](N)CS.CCCCN[13C](=O)[C@@H](N)Cc1cnc[nH]1. The number of unbranched alkanes of at least 4 members (excludes halogenated alkanes) is 2. The van der Waals surface area contributed by atoms with Gasteiger partial charge in [-0.1, -0.05) is 26.7 Å². The van der Waals surface area contributed by atoms with Crippen molar-refractivity contribution in [2.45, 2.75) is 58.0 Å². The molecule has 0 unspecified atom stereocenters. The van der Waals surface area contributed by atoms with Gasteiger partial charge in [-0.15, -0.1) is 0 Å². The first kappa shape index (κ1) is 24.4. The van der Waals surface area contributed by atoms with E-state index >= 15 is 0 Å². The zero-order chi connectivity index (χ0) is 19.8. The summed E-state index contributed by atoms with van der Waals surface area (Å²) in [5.74, 6) is 0.198. The largest absolute Gasteiger partial charge is 0.355 e. The molecular weight excluding hydrogens is 354 g/mol. The fraction of sp³-hybridized carbons (Fsp3) is 0.706. The van der Waals surface area contributed by atoms with Crippen LogP contribution in [0.1, 0.15) is 45.2 Å². The molecular formula is C17H34N6O2S. The molecule has 0 saturated carbocycles. The number of carbonyl (C=O) groups is 2. The van der Waals surface area contributed by atoms with Gasteiger partial charge in [0.1, 0.15) is 0 Å². The predicted molar refractivity (Wildman–Crippen MR) is 108 cm³/mol. The van der Waals surface area contributed by atoms with Crippen LogP contribution in [0.4, 0.5) is 0 Å². The molecule has 0 saturated heterocycles. The molecule has 1 aromatic heterocycles. The Hall–Kier alpha value is -1.58. The number of carbonyl (C=O) groups excluding carboxylic acids is 2. The summed E-state index contributed by atoms with van der Waals surface area (Å²) in [6.07, 6.45) is 7.90. The molecule has 1 rings (SSSR count). The number of nitrogens with one attached hydrogen (secondary N) is 3. The van der Waals surface area contributed by atoms with E-state index in [1.807, 2.05) is 0 Å². The third-order valence-electron chi connectivity index (χ3n) is 3.52. The molecule has 150 valence electrons. The van der Waals surface area contributed by atoms with E-state index in [0.29, 0.717) is 18.7 Å². The van der Waals surface area contributed by atoms with Gasteiger partial charge in [0.2, 0.25) is 11.8 Å². The average molecular weight is 389 g/mol. The normalized spacial score (nSPS) is 12.5. The number of rotatable bonds is 11. The molecule has 0 radical (unpaired) electrons. The van der Waals surface area contributed by atoms with E-state index in [1.165, 1.54) is 0 Å². The first-order valence-electron chi connectivity index (χ1n) is 9.10.